The molecule has 0 saturated heterocycles. The molecule has 0 saturated carbocycles. The summed E-state index contributed by atoms with van der Waals surface area (Å²) in [5.74, 6) is -0.313. The van der Waals surface area contributed by atoms with Gasteiger partial charge in [0.25, 0.3) is 0 Å². The summed E-state index contributed by atoms with van der Waals surface area (Å²) < 4.78 is 17.8. The second kappa shape index (κ2) is 6.58. The fourth-order valence-electron chi connectivity index (χ4n) is 2.29. The van der Waals surface area contributed by atoms with Crippen LogP contribution in [0.25, 0.3) is 0 Å². The Kier molecular flexibility index (Phi) is 4.78. The maximum absolute atomic E-state index is 13.1. The van der Waals surface area contributed by atoms with Crippen molar-refractivity contribution >= 4 is 11.8 Å². The van der Waals surface area contributed by atoms with Gasteiger partial charge >= 0.3 is 6.09 Å². The van der Waals surface area contributed by atoms with Crippen LogP contribution in [0.1, 0.15) is 22.7 Å². The Labute approximate surface area is 129 Å². The third-order valence-corrected chi connectivity index (χ3v) is 3.56. The number of rotatable bonds is 3. The molecule has 0 aliphatic carbocycles. The number of nitrogens with zero attached hydrogens (tertiary/aromatic N) is 1. The average Bonchev–Trinajstić information content (AvgIpc) is 2.53. The molecule has 1 unspecified atom stereocenters. The molecule has 0 aliphatic rings. The highest BCUT2D eigenvalue weighted by molar-refractivity contribution is 5.88. The van der Waals surface area contributed by atoms with Crippen molar-refractivity contribution in [3.05, 3.63) is 65.0 Å². The number of halogens is 1. The van der Waals surface area contributed by atoms with E-state index in [4.69, 9.17) is 10.5 Å². The number of anilines is 1. The van der Waals surface area contributed by atoms with Crippen molar-refractivity contribution in [3.63, 3.8) is 0 Å². The zero-order valence-corrected chi connectivity index (χ0v) is 12.8. The molecule has 0 fully saturated rings. The molecule has 0 radical (unpaired) electrons. The number of ether oxygens (including phenoxy) is 1. The molecule has 2 aromatic carbocycles. The first-order valence-corrected chi connectivity index (χ1v) is 6.87. The zero-order valence-electron chi connectivity index (χ0n) is 12.8. The molecular formula is C17H19FN2O2. The number of carbonyl (C=O) groups is 1. The van der Waals surface area contributed by atoms with Gasteiger partial charge in [0.1, 0.15) is 5.82 Å². The molecule has 0 bridgehead atoms. The number of aryl methyl sites for hydroxylation is 1. The Morgan fingerprint density at radius 2 is 1.86 bits per heavy atom. The van der Waals surface area contributed by atoms with Gasteiger partial charge in [-0.2, -0.15) is 0 Å². The maximum Gasteiger partial charge on any atom is 0.413 e. The quantitative estimate of drug-likeness (QED) is 0.945. The molecular weight excluding hydrogens is 283 g/mol. The van der Waals surface area contributed by atoms with Crippen LogP contribution in [-0.4, -0.2) is 20.3 Å². The van der Waals surface area contributed by atoms with Gasteiger partial charge in [-0.1, -0.05) is 24.3 Å². The topological polar surface area (TPSA) is 55.6 Å². The molecule has 1 atom stereocenters. The van der Waals surface area contributed by atoms with Gasteiger partial charge in [-0.3, -0.25) is 4.90 Å². The van der Waals surface area contributed by atoms with Crippen molar-refractivity contribution in [2.45, 2.75) is 13.0 Å². The number of carbonyl (C=O) groups excluding carboxylic acids is 1. The summed E-state index contributed by atoms with van der Waals surface area (Å²) in [6.07, 6.45) is -0.474. The van der Waals surface area contributed by atoms with Crippen molar-refractivity contribution in [1.82, 2.24) is 0 Å². The Morgan fingerprint density at radius 1 is 1.23 bits per heavy atom. The normalized spacial score (nSPS) is 11.9. The van der Waals surface area contributed by atoms with E-state index in [2.05, 4.69) is 0 Å². The first-order valence-electron chi connectivity index (χ1n) is 6.87. The van der Waals surface area contributed by atoms with E-state index >= 15 is 0 Å². The largest absolute Gasteiger partial charge is 0.452 e. The van der Waals surface area contributed by atoms with Crippen molar-refractivity contribution in [2.24, 2.45) is 5.73 Å². The lowest BCUT2D eigenvalue weighted by Crippen LogP contribution is -2.28. The van der Waals surface area contributed by atoms with Crippen molar-refractivity contribution in [2.75, 3.05) is 19.1 Å². The monoisotopic (exact) mass is 302 g/mol. The predicted octanol–water partition coefficient (Wildman–Crippen LogP) is 3.38. The smallest absolute Gasteiger partial charge is 0.413 e. The van der Waals surface area contributed by atoms with Crippen LogP contribution >= 0.6 is 0 Å². The highest BCUT2D eigenvalue weighted by atomic mass is 19.1. The molecule has 0 aliphatic heterocycles. The highest BCUT2D eigenvalue weighted by Crippen LogP contribution is 2.30. The van der Waals surface area contributed by atoms with Crippen LogP contribution in [0.15, 0.2) is 42.5 Å². The summed E-state index contributed by atoms with van der Waals surface area (Å²) in [7, 11) is 2.95. The van der Waals surface area contributed by atoms with Crippen LogP contribution in [0.3, 0.4) is 0 Å². The van der Waals surface area contributed by atoms with Gasteiger partial charge in [-0.15, -0.1) is 0 Å². The number of benzene rings is 2. The molecule has 0 spiro atoms. The van der Waals surface area contributed by atoms with E-state index in [1.165, 1.54) is 24.1 Å². The fraction of sp³-hybridized carbons (Fsp3) is 0.235. The van der Waals surface area contributed by atoms with Crippen LogP contribution in [0.5, 0.6) is 0 Å². The second-order valence-corrected chi connectivity index (χ2v) is 5.12. The summed E-state index contributed by atoms with van der Waals surface area (Å²) in [6.45, 7) is 1.93. The lowest BCUT2D eigenvalue weighted by atomic mass is 9.96. The summed E-state index contributed by atoms with van der Waals surface area (Å²) in [4.78, 5) is 13.2. The maximum atomic E-state index is 13.1. The van der Waals surface area contributed by atoms with Gasteiger partial charge < -0.3 is 10.5 Å². The molecule has 0 aromatic heterocycles. The number of nitrogens with two attached hydrogens (primary N) is 1. The third kappa shape index (κ3) is 3.26. The minimum Gasteiger partial charge on any atom is -0.452 e. The second-order valence-electron chi connectivity index (χ2n) is 5.12. The molecule has 0 heterocycles. The van der Waals surface area contributed by atoms with Crippen LogP contribution in [0.4, 0.5) is 14.9 Å². The van der Waals surface area contributed by atoms with E-state index < -0.39 is 12.1 Å². The van der Waals surface area contributed by atoms with Crippen LogP contribution in [-0.2, 0) is 4.74 Å². The molecule has 22 heavy (non-hydrogen) atoms. The van der Waals surface area contributed by atoms with E-state index in [1.54, 1.807) is 19.2 Å². The summed E-state index contributed by atoms with van der Waals surface area (Å²) in [6, 6.07) is 11.2. The minimum atomic E-state index is -0.474. The molecule has 116 valence electrons. The van der Waals surface area contributed by atoms with Gasteiger partial charge in [0, 0.05) is 7.05 Å². The Bertz CT molecular complexity index is 671. The Balaban J connectivity index is 2.45. The molecule has 5 heteroatoms. The molecule has 2 rings (SSSR count). The van der Waals surface area contributed by atoms with Gasteiger partial charge in [0.15, 0.2) is 0 Å². The third-order valence-electron chi connectivity index (χ3n) is 3.56. The van der Waals surface area contributed by atoms with Crippen LogP contribution in [0, 0.1) is 12.7 Å². The van der Waals surface area contributed by atoms with Crippen LogP contribution < -0.4 is 10.6 Å². The molecule has 2 N–H and O–H groups in total. The lowest BCUT2D eigenvalue weighted by molar-refractivity contribution is 0.180. The standard InChI is InChI=1S/C17H19FN2O2/c1-11-4-9-14(15(10-11)20(2)17(21)22-3)16(19)12-5-7-13(18)8-6-12/h4-10,16H,19H2,1-3H3. The van der Waals surface area contributed by atoms with E-state index in [1.807, 2.05) is 25.1 Å². The van der Waals surface area contributed by atoms with Gasteiger partial charge in [0.05, 0.1) is 18.8 Å². The number of amides is 1. The Hall–Kier alpha value is -2.40. The number of hydrogen-bond donors (Lipinski definition) is 1. The SMILES string of the molecule is COC(=O)N(C)c1cc(C)ccc1C(N)c1ccc(F)cc1. The van der Waals surface area contributed by atoms with E-state index in [0.717, 1.165) is 16.7 Å². The summed E-state index contributed by atoms with van der Waals surface area (Å²) >= 11 is 0. The van der Waals surface area contributed by atoms with E-state index in [9.17, 15) is 9.18 Å². The first-order chi connectivity index (χ1) is 10.4. The van der Waals surface area contributed by atoms with Gasteiger partial charge in [0.2, 0.25) is 0 Å². The number of methoxy groups -OCH3 is 1. The predicted molar refractivity (Wildman–Crippen MR) is 84.4 cm³/mol. The van der Waals surface area contributed by atoms with Crippen molar-refractivity contribution in [3.8, 4) is 0 Å². The molecule has 1 amide bonds. The summed E-state index contributed by atoms with van der Waals surface area (Å²) in [5, 5.41) is 0. The molecule has 2 aromatic rings. The Morgan fingerprint density at radius 3 is 2.45 bits per heavy atom. The van der Waals surface area contributed by atoms with E-state index in [-0.39, 0.29) is 5.82 Å². The average molecular weight is 302 g/mol. The highest BCUT2D eigenvalue weighted by Gasteiger charge is 2.20. The van der Waals surface area contributed by atoms with Gasteiger partial charge in [-0.05, 0) is 41.8 Å². The zero-order chi connectivity index (χ0) is 16.3. The fourth-order valence-corrected chi connectivity index (χ4v) is 2.29. The van der Waals surface area contributed by atoms with Gasteiger partial charge in [-0.25, -0.2) is 9.18 Å². The summed E-state index contributed by atoms with van der Waals surface area (Å²) in [5.41, 5.74) is 9.50. The lowest BCUT2D eigenvalue weighted by Gasteiger charge is -2.23. The van der Waals surface area contributed by atoms with Crippen molar-refractivity contribution < 1.29 is 13.9 Å². The first kappa shape index (κ1) is 16.0. The van der Waals surface area contributed by atoms with Crippen LogP contribution in [0.2, 0.25) is 0 Å². The molecule has 4 nitrogen and oxygen atoms in total. The van der Waals surface area contributed by atoms with E-state index in [0.29, 0.717) is 5.69 Å². The minimum absolute atomic E-state index is 0.313. The number of hydrogen-bond acceptors (Lipinski definition) is 3. The van der Waals surface area contributed by atoms with Crippen molar-refractivity contribution in [1.29, 1.82) is 0 Å².